The van der Waals surface area contributed by atoms with Gasteiger partial charge in [-0.25, -0.2) is 0 Å². The molecule has 1 atom stereocenters. The number of morpholine rings is 1. The molecule has 1 unspecified atom stereocenters. The van der Waals surface area contributed by atoms with Crippen LogP contribution in [0.3, 0.4) is 0 Å². The van der Waals surface area contributed by atoms with E-state index >= 15 is 0 Å². The Morgan fingerprint density at radius 3 is 2.73 bits per heavy atom. The quantitative estimate of drug-likeness (QED) is 0.586. The zero-order valence-electron chi connectivity index (χ0n) is 15.6. The third kappa shape index (κ3) is 6.38. The summed E-state index contributed by atoms with van der Waals surface area (Å²) in [6.07, 6.45) is 8.28. The Balaban J connectivity index is 1.53. The highest BCUT2D eigenvalue weighted by atomic mass is 32.1. The van der Waals surface area contributed by atoms with Crippen molar-refractivity contribution in [1.82, 2.24) is 15.1 Å². The van der Waals surface area contributed by atoms with Crippen molar-refractivity contribution >= 4 is 17.3 Å². The molecule has 0 radical (unpaired) electrons. The van der Waals surface area contributed by atoms with Crippen molar-refractivity contribution in [3.8, 4) is 0 Å². The van der Waals surface area contributed by atoms with E-state index in [0.29, 0.717) is 5.92 Å². The number of hydrogen-bond donors (Lipinski definition) is 1. The van der Waals surface area contributed by atoms with Crippen LogP contribution in [-0.2, 0) is 11.3 Å². The van der Waals surface area contributed by atoms with Gasteiger partial charge in [0.2, 0.25) is 0 Å². The normalized spacial score (nSPS) is 20.7. The maximum Gasteiger partial charge on any atom is 0.169 e. The first-order valence-electron chi connectivity index (χ1n) is 9.83. The molecule has 1 N–H and O–H groups in total. The molecule has 1 aliphatic heterocycles. The smallest absolute Gasteiger partial charge is 0.169 e. The highest BCUT2D eigenvalue weighted by Crippen LogP contribution is 2.19. The molecule has 1 aliphatic carbocycles. The van der Waals surface area contributed by atoms with E-state index in [1.54, 1.807) is 0 Å². The Morgan fingerprint density at radius 1 is 1.19 bits per heavy atom. The number of hydrogen-bond acceptors (Lipinski definition) is 3. The summed E-state index contributed by atoms with van der Waals surface area (Å²) in [5, 5.41) is 4.36. The molecule has 26 heavy (non-hydrogen) atoms. The molecule has 1 aromatic rings. The molecule has 4 nitrogen and oxygen atoms in total. The van der Waals surface area contributed by atoms with Gasteiger partial charge in [-0.2, -0.15) is 0 Å². The average Bonchev–Trinajstić information content (AvgIpc) is 2.71. The number of thiocarbonyl (C=S) groups is 1. The number of ether oxygens (including phenoxy) is 1. The lowest BCUT2D eigenvalue weighted by atomic mass is 9.94. The number of allylic oxidation sites excluding steroid dienone is 2. The number of benzene rings is 1. The summed E-state index contributed by atoms with van der Waals surface area (Å²) in [5.41, 5.74) is 1.27. The van der Waals surface area contributed by atoms with Gasteiger partial charge in [-0.15, -0.1) is 0 Å². The highest BCUT2D eigenvalue weighted by molar-refractivity contribution is 7.80. The number of nitrogens with zero attached hydrogens (tertiary/aromatic N) is 2. The molecule has 0 bridgehead atoms. The topological polar surface area (TPSA) is 27.7 Å². The van der Waals surface area contributed by atoms with Gasteiger partial charge in [-0.05, 0) is 43.0 Å². The predicted molar refractivity (Wildman–Crippen MR) is 111 cm³/mol. The van der Waals surface area contributed by atoms with E-state index in [1.807, 2.05) is 6.07 Å². The van der Waals surface area contributed by atoms with Crippen LogP contribution in [0.2, 0.25) is 0 Å². The van der Waals surface area contributed by atoms with Crippen LogP contribution >= 0.6 is 12.2 Å². The van der Waals surface area contributed by atoms with Crippen LogP contribution in [0.5, 0.6) is 0 Å². The molecule has 0 amide bonds. The van der Waals surface area contributed by atoms with Gasteiger partial charge in [-0.3, -0.25) is 4.90 Å². The molecule has 1 aromatic carbocycles. The van der Waals surface area contributed by atoms with Crippen LogP contribution < -0.4 is 5.32 Å². The fourth-order valence-corrected chi connectivity index (χ4v) is 3.82. The van der Waals surface area contributed by atoms with Crippen molar-refractivity contribution in [3.05, 3.63) is 48.0 Å². The monoisotopic (exact) mass is 373 g/mol. The summed E-state index contributed by atoms with van der Waals surface area (Å²) in [7, 11) is 0. The van der Waals surface area contributed by atoms with E-state index in [1.165, 1.54) is 24.8 Å². The van der Waals surface area contributed by atoms with Gasteiger partial charge >= 0.3 is 0 Å². The van der Waals surface area contributed by atoms with E-state index in [9.17, 15) is 0 Å². The standard InChI is InChI=1S/C21H31N3OS/c26-21(22-17-19-7-3-1-4-8-19)24(18-20-9-5-2-6-10-20)12-11-23-13-15-25-16-14-23/h1-5,7-8,20H,6,9-18H2,(H,22,26). The summed E-state index contributed by atoms with van der Waals surface area (Å²) in [5.74, 6) is 0.709. The minimum absolute atomic E-state index is 0.709. The van der Waals surface area contributed by atoms with Crippen molar-refractivity contribution in [1.29, 1.82) is 0 Å². The van der Waals surface area contributed by atoms with Crippen LogP contribution in [0.4, 0.5) is 0 Å². The molecule has 1 heterocycles. The van der Waals surface area contributed by atoms with Crippen LogP contribution in [-0.4, -0.2) is 60.8 Å². The zero-order chi connectivity index (χ0) is 18.0. The van der Waals surface area contributed by atoms with E-state index < -0.39 is 0 Å². The largest absolute Gasteiger partial charge is 0.379 e. The van der Waals surface area contributed by atoms with E-state index in [2.05, 4.69) is 51.5 Å². The van der Waals surface area contributed by atoms with Crippen molar-refractivity contribution in [2.75, 3.05) is 45.9 Å². The Labute approximate surface area is 163 Å². The van der Waals surface area contributed by atoms with Crippen LogP contribution in [0.1, 0.15) is 24.8 Å². The molecular formula is C21H31N3OS. The Kier molecular flexibility index (Phi) is 7.92. The van der Waals surface area contributed by atoms with Gasteiger partial charge < -0.3 is 15.0 Å². The minimum atomic E-state index is 0.709. The molecular weight excluding hydrogens is 342 g/mol. The van der Waals surface area contributed by atoms with Gasteiger partial charge in [0.05, 0.1) is 13.2 Å². The lowest BCUT2D eigenvalue weighted by Crippen LogP contribution is -2.47. The van der Waals surface area contributed by atoms with Crippen LogP contribution in [0.25, 0.3) is 0 Å². The Hall–Kier alpha value is -1.43. The van der Waals surface area contributed by atoms with Gasteiger partial charge in [-0.1, -0.05) is 42.5 Å². The molecule has 1 saturated heterocycles. The summed E-state index contributed by atoms with van der Waals surface area (Å²) < 4.78 is 5.46. The Morgan fingerprint density at radius 2 is 2.00 bits per heavy atom. The lowest BCUT2D eigenvalue weighted by Gasteiger charge is -2.34. The molecule has 1 fully saturated rings. The lowest BCUT2D eigenvalue weighted by molar-refractivity contribution is 0.0355. The van der Waals surface area contributed by atoms with Crippen molar-refractivity contribution in [2.24, 2.45) is 5.92 Å². The van der Waals surface area contributed by atoms with E-state index in [-0.39, 0.29) is 0 Å². The molecule has 2 aliphatic rings. The first kappa shape index (κ1) is 19.3. The second-order valence-corrected chi connectivity index (χ2v) is 7.58. The van der Waals surface area contributed by atoms with Gasteiger partial charge in [0.25, 0.3) is 0 Å². The zero-order valence-corrected chi connectivity index (χ0v) is 16.4. The minimum Gasteiger partial charge on any atom is -0.379 e. The van der Waals surface area contributed by atoms with Crippen molar-refractivity contribution < 1.29 is 4.74 Å². The first-order chi connectivity index (χ1) is 12.8. The fourth-order valence-electron chi connectivity index (χ4n) is 3.58. The highest BCUT2D eigenvalue weighted by Gasteiger charge is 2.19. The Bertz CT molecular complexity index is 572. The van der Waals surface area contributed by atoms with Gasteiger partial charge in [0.15, 0.2) is 5.11 Å². The molecule has 142 valence electrons. The van der Waals surface area contributed by atoms with Crippen molar-refractivity contribution in [2.45, 2.75) is 25.8 Å². The van der Waals surface area contributed by atoms with E-state index in [0.717, 1.165) is 57.6 Å². The van der Waals surface area contributed by atoms with Gasteiger partial charge in [0.1, 0.15) is 0 Å². The molecule has 0 spiro atoms. The maximum atomic E-state index is 5.76. The summed E-state index contributed by atoms with van der Waals surface area (Å²) in [6, 6.07) is 10.5. The molecule has 0 saturated carbocycles. The number of rotatable bonds is 7. The predicted octanol–water partition coefficient (Wildman–Crippen LogP) is 3.05. The van der Waals surface area contributed by atoms with E-state index in [4.69, 9.17) is 17.0 Å². The van der Waals surface area contributed by atoms with Crippen LogP contribution in [0, 0.1) is 5.92 Å². The molecule has 5 heteroatoms. The summed E-state index contributed by atoms with van der Waals surface area (Å²) >= 11 is 5.76. The second-order valence-electron chi connectivity index (χ2n) is 7.19. The SMILES string of the molecule is S=C(NCc1ccccc1)N(CCN1CCOCC1)CC1CC=CCC1. The average molecular weight is 374 g/mol. The number of nitrogens with one attached hydrogen (secondary N) is 1. The molecule has 0 aromatic heterocycles. The summed E-state index contributed by atoms with van der Waals surface area (Å²) in [4.78, 5) is 4.87. The third-order valence-corrected chi connectivity index (χ3v) is 5.62. The van der Waals surface area contributed by atoms with Gasteiger partial charge in [0, 0.05) is 39.3 Å². The maximum absolute atomic E-state index is 5.76. The van der Waals surface area contributed by atoms with Crippen LogP contribution in [0.15, 0.2) is 42.5 Å². The molecule has 3 rings (SSSR count). The summed E-state index contributed by atoms with van der Waals surface area (Å²) in [6.45, 7) is 7.65. The third-order valence-electron chi connectivity index (χ3n) is 5.22. The second kappa shape index (κ2) is 10.7. The fraction of sp³-hybridized carbons (Fsp3) is 0.571. The van der Waals surface area contributed by atoms with Crippen molar-refractivity contribution in [3.63, 3.8) is 0 Å². The first-order valence-corrected chi connectivity index (χ1v) is 10.2.